The zero-order chi connectivity index (χ0) is 5.21. The van der Waals surface area contributed by atoms with Gasteiger partial charge in [-0.05, 0) is 13.1 Å². The second kappa shape index (κ2) is 1.96. The Labute approximate surface area is 44.1 Å². The van der Waals surface area contributed by atoms with Crippen LogP contribution in [0.2, 0.25) is 13.1 Å². The summed E-state index contributed by atoms with van der Waals surface area (Å²) in [6.07, 6.45) is 0. The maximum Gasteiger partial charge on any atom is 0.245 e. The third-order valence-electron chi connectivity index (χ3n) is 0.322. The minimum absolute atomic E-state index is 0.326. The van der Waals surface area contributed by atoms with Gasteiger partial charge in [0, 0.05) is 5.50 Å². The number of rotatable bonds is 1. The van der Waals surface area contributed by atoms with E-state index in [2.05, 4.69) is 0 Å². The molecule has 0 atom stereocenters. The van der Waals surface area contributed by atoms with Crippen LogP contribution in [0.25, 0.3) is 0 Å². The van der Waals surface area contributed by atoms with Gasteiger partial charge in [0.1, 0.15) is 0 Å². The lowest BCUT2D eigenvalue weighted by Crippen LogP contribution is -2.25. The van der Waals surface area contributed by atoms with E-state index in [1.54, 1.807) is 13.1 Å². The predicted octanol–water partition coefficient (Wildman–Crippen LogP) is 1.40. The van der Waals surface area contributed by atoms with E-state index in [9.17, 15) is 4.80 Å². The molecule has 37 valence electrons. The van der Waals surface area contributed by atoms with E-state index in [0.717, 1.165) is 0 Å². The monoisotopic (exact) mass is 123 g/mol. The lowest BCUT2D eigenvalue weighted by molar-refractivity contribution is 0.435. The number of hydrogen-bond donors (Lipinski definition) is 0. The molecule has 0 aliphatic carbocycles. The SMILES string of the molecule is C[Si](C)([O])CCl. The molecule has 6 heavy (non-hydrogen) atoms. The minimum Gasteiger partial charge on any atom is -0.297 e. The first-order valence-corrected chi connectivity index (χ1v) is 5.47. The van der Waals surface area contributed by atoms with E-state index < -0.39 is 8.32 Å². The summed E-state index contributed by atoms with van der Waals surface area (Å²) in [6.45, 7) is 3.39. The molecule has 0 aromatic rings. The van der Waals surface area contributed by atoms with Crippen molar-refractivity contribution >= 4 is 19.9 Å². The fourth-order valence-electron chi connectivity index (χ4n) is 0. The Kier molecular flexibility index (Phi) is 2.11. The van der Waals surface area contributed by atoms with Gasteiger partial charge in [0.2, 0.25) is 8.32 Å². The molecule has 0 bridgehead atoms. The van der Waals surface area contributed by atoms with Crippen LogP contribution in [0.5, 0.6) is 0 Å². The van der Waals surface area contributed by atoms with Crippen molar-refractivity contribution in [1.82, 2.24) is 0 Å². The van der Waals surface area contributed by atoms with Gasteiger partial charge in [-0.2, -0.15) is 0 Å². The Morgan fingerprint density at radius 3 is 1.83 bits per heavy atom. The highest BCUT2D eigenvalue weighted by Gasteiger charge is 2.16. The van der Waals surface area contributed by atoms with Crippen LogP contribution in [0.15, 0.2) is 0 Å². The predicted molar refractivity (Wildman–Crippen MR) is 28.9 cm³/mol. The van der Waals surface area contributed by atoms with Crippen LogP contribution in [0.4, 0.5) is 0 Å². The Hall–Kier alpha value is 0.467. The average Bonchev–Trinajstić information content (AvgIpc) is 1.35. The maximum absolute atomic E-state index is 10.5. The van der Waals surface area contributed by atoms with E-state index in [-0.39, 0.29) is 0 Å². The number of hydrogen-bond acceptors (Lipinski definition) is 0. The standard InChI is InChI=1S/C3H8ClOSi/c1-6(2,5)3-4/h3H2,1-2H3. The molecule has 3 heteroatoms. The quantitative estimate of drug-likeness (QED) is 0.371. The van der Waals surface area contributed by atoms with Crippen LogP contribution in [-0.2, 0) is 4.80 Å². The summed E-state index contributed by atoms with van der Waals surface area (Å²) in [6, 6.07) is 0. The molecular formula is C3H8ClOSi. The Morgan fingerprint density at radius 1 is 1.67 bits per heavy atom. The molecule has 0 spiro atoms. The largest absolute Gasteiger partial charge is 0.297 e. The first kappa shape index (κ1) is 6.47. The highest BCUT2D eigenvalue weighted by molar-refractivity contribution is 6.76. The molecule has 0 saturated heterocycles. The van der Waals surface area contributed by atoms with Gasteiger partial charge in [0.05, 0.1) is 0 Å². The van der Waals surface area contributed by atoms with Gasteiger partial charge in [-0.3, -0.25) is 4.80 Å². The molecule has 0 aliphatic heterocycles. The Bertz CT molecular complexity index is 40.5. The Balaban J connectivity index is 3.17. The smallest absolute Gasteiger partial charge is 0.245 e. The molecule has 0 aromatic heterocycles. The molecule has 0 N–H and O–H groups in total. The van der Waals surface area contributed by atoms with E-state index in [4.69, 9.17) is 11.6 Å². The highest BCUT2D eigenvalue weighted by Crippen LogP contribution is 1.97. The summed E-state index contributed by atoms with van der Waals surface area (Å²) in [5.41, 5.74) is 0.326. The van der Waals surface area contributed by atoms with Crippen molar-refractivity contribution < 1.29 is 4.80 Å². The zero-order valence-corrected chi connectivity index (χ0v) is 5.75. The minimum atomic E-state index is -2.12. The molecule has 0 rings (SSSR count). The van der Waals surface area contributed by atoms with Crippen LogP contribution in [0, 0.1) is 0 Å². The second-order valence-corrected chi connectivity index (χ2v) is 6.48. The molecule has 1 nitrogen and oxygen atoms in total. The summed E-state index contributed by atoms with van der Waals surface area (Å²) >= 11 is 5.23. The van der Waals surface area contributed by atoms with E-state index in [1.165, 1.54) is 0 Å². The Morgan fingerprint density at radius 2 is 1.83 bits per heavy atom. The molecule has 0 fully saturated rings. The van der Waals surface area contributed by atoms with Crippen molar-refractivity contribution in [2.75, 3.05) is 5.50 Å². The van der Waals surface area contributed by atoms with E-state index in [0.29, 0.717) is 5.50 Å². The molecule has 0 heterocycles. The summed E-state index contributed by atoms with van der Waals surface area (Å²) < 4.78 is 0. The van der Waals surface area contributed by atoms with Gasteiger partial charge in [-0.25, -0.2) is 0 Å². The number of alkyl halides is 1. The van der Waals surface area contributed by atoms with Crippen LogP contribution in [-0.4, -0.2) is 13.8 Å². The van der Waals surface area contributed by atoms with E-state index in [1.807, 2.05) is 0 Å². The van der Waals surface area contributed by atoms with E-state index >= 15 is 0 Å². The van der Waals surface area contributed by atoms with Crippen molar-refractivity contribution in [2.45, 2.75) is 13.1 Å². The lowest BCUT2D eigenvalue weighted by atomic mass is 11.8. The number of halogens is 1. The second-order valence-electron chi connectivity index (χ2n) is 1.89. The van der Waals surface area contributed by atoms with Gasteiger partial charge in [-0.15, -0.1) is 11.6 Å². The van der Waals surface area contributed by atoms with Gasteiger partial charge in [0.15, 0.2) is 0 Å². The highest BCUT2D eigenvalue weighted by atomic mass is 35.5. The van der Waals surface area contributed by atoms with Crippen LogP contribution < -0.4 is 0 Å². The molecule has 0 unspecified atom stereocenters. The first-order valence-electron chi connectivity index (χ1n) is 1.82. The fourth-order valence-corrected chi connectivity index (χ4v) is 0. The summed E-state index contributed by atoms with van der Waals surface area (Å²) in [5, 5.41) is 0. The summed E-state index contributed by atoms with van der Waals surface area (Å²) in [7, 11) is -2.12. The molecule has 0 amide bonds. The average molecular weight is 124 g/mol. The van der Waals surface area contributed by atoms with Gasteiger partial charge >= 0.3 is 0 Å². The van der Waals surface area contributed by atoms with Crippen LogP contribution >= 0.6 is 11.6 Å². The lowest BCUT2D eigenvalue weighted by Gasteiger charge is -2.01. The van der Waals surface area contributed by atoms with Crippen LogP contribution in [0.1, 0.15) is 0 Å². The molecule has 0 saturated carbocycles. The van der Waals surface area contributed by atoms with Gasteiger partial charge in [-0.1, -0.05) is 0 Å². The normalized spacial score (nSPS) is 12.0. The van der Waals surface area contributed by atoms with Gasteiger partial charge in [0.25, 0.3) is 0 Å². The fraction of sp³-hybridized carbons (Fsp3) is 1.00. The molecule has 0 aliphatic rings. The van der Waals surface area contributed by atoms with Crippen molar-refractivity contribution in [3.63, 3.8) is 0 Å². The maximum atomic E-state index is 10.5. The summed E-state index contributed by atoms with van der Waals surface area (Å²) in [5.74, 6) is 0. The third-order valence-corrected chi connectivity index (χ3v) is 2.90. The van der Waals surface area contributed by atoms with Crippen molar-refractivity contribution in [2.24, 2.45) is 0 Å². The molecule has 0 aromatic carbocycles. The van der Waals surface area contributed by atoms with Gasteiger partial charge < -0.3 is 0 Å². The topological polar surface area (TPSA) is 19.9 Å². The summed E-state index contributed by atoms with van der Waals surface area (Å²) in [4.78, 5) is 10.5. The first-order chi connectivity index (χ1) is 2.56. The molecular weight excluding hydrogens is 116 g/mol. The zero-order valence-electron chi connectivity index (χ0n) is 3.99. The van der Waals surface area contributed by atoms with Crippen LogP contribution in [0.3, 0.4) is 0 Å². The van der Waals surface area contributed by atoms with Crippen molar-refractivity contribution in [1.29, 1.82) is 0 Å². The molecule has 1 radical (unpaired) electrons. The third kappa shape index (κ3) is 4.47. The van der Waals surface area contributed by atoms with Crippen molar-refractivity contribution in [3.8, 4) is 0 Å². The van der Waals surface area contributed by atoms with Crippen molar-refractivity contribution in [3.05, 3.63) is 0 Å².